The zero-order chi connectivity index (χ0) is 17.7. The van der Waals surface area contributed by atoms with Crippen LogP contribution in [0.2, 0.25) is 0 Å². The minimum absolute atomic E-state index is 0.000000945. The normalized spacial score (nSPS) is 35.4. The maximum Gasteiger partial charge on any atom is 0.166 e. The number of ether oxygens (including phenoxy) is 1. The predicted molar refractivity (Wildman–Crippen MR) is 95.7 cm³/mol. The average Bonchev–Trinajstić information content (AvgIpc) is 2.91. The molecule has 1 aromatic rings. The Hall–Kier alpha value is -1.52. The highest BCUT2D eigenvalue weighted by molar-refractivity contribution is 5.62. The van der Waals surface area contributed by atoms with Crippen molar-refractivity contribution in [1.82, 2.24) is 5.32 Å². The van der Waals surface area contributed by atoms with Gasteiger partial charge in [-0.05, 0) is 49.9 Å². The lowest BCUT2D eigenvalue weighted by Crippen LogP contribution is -2.72. The molecule has 4 nitrogen and oxygen atoms in total. The van der Waals surface area contributed by atoms with Gasteiger partial charge in [-0.25, -0.2) is 0 Å². The maximum atomic E-state index is 11.4. The summed E-state index contributed by atoms with van der Waals surface area (Å²) in [7, 11) is 0. The lowest BCUT2D eigenvalue weighted by Gasteiger charge is -2.56. The van der Waals surface area contributed by atoms with Crippen LogP contribution in [0.5, 0.6) is 11.5 Å². The van der Waals surface area contributed by atoms with E-state index in [1.807, 2.05) is 26.8 Å². The van der Waals surface area contributed by atoms with Gasteiger partial charge in [0.25, 0.3) is 0 Å². The molecular formula is C20H29NO3. The minimum Gasteiger partial charge on any atom is -0.504 e. The first kappa shape index (κ1) is 17.3. The largest absolute Gasteiger partial charge is 0.504 e. The van der Waals surface area contributed by atoms with Crippen molar-refractivity contribution in [3.8, 4) is 11.5 Å². The molecule has 0 amide bonds. The Morgan fingerprint density at radius 2 is 2.12 bits per heavy atom. The summed E-state index contributed by atoms with van der Waals surface area (Å²) in [6, 6.07) is 3.67. The molecule has 4 heteroatoms. The van der Waals surface area contributed by atoms with Crippen molar-refractivity contribution in [2.45, 2.75) is 70.1 Å². The number of piperidine rings is 1. The van der Waals surface area contributed by atoms with Crippen molar-refractivity contribution in [2.75, 3.05) is 6.54 Å². The molecule has 4 unspecified atom stereocenters. The molecule has 4 rings (SSSR count). The third-order valence-electron chi connectivity index (χ3n) is 6.09. The van der Waals surface area contributed by atoms with Gasteiger partial charge in [0.2, 0.25) is 0 Å². The predicted octanol–water partition coefficient (Wildman–Crippen LogP) is 3.05. The van der Waals surface area contributed by atoms with Gasteiger partial charge >= 0.3 is 0 Å². The van der Waals surface area contributed by atoms with Crippen LogP contribution in [-0.4, -0.2) is 34.5 Å². The first-order valence-corrected chi connectivity index (χ1v) is 9.09. The summed E-state index contributed by atoms with van der Waals surface area (Å²) < 4.78 is 6.19. The molecule has 0 saturated carbocycles. The highest BCUT2D eigenvalue weighted by Gasteiger charge is 2.67. The molecule has 0 aromatic heterocycles. The molecule has 3 N–H and O–H groups in total. The van der Waals surface area contributed by atoms with Crippen LogP contribution < -0.4 is 10.1 Å². The number of benzene rings is 1. The van der Waals surface area contributed by atoms with Crippen LogP contribution in [0.3, 0.4) is 0 Å². The summed E-state index contributed by atoms with van der Waals surface area (Å²) in [6.45, 7) is 13.0. The first-order chi connectivity index (χ1) is 11.4. The van der Waals surface area contributed by atoms with Gasteiger partial charge in [0.1, 0.15) is 6.10 Å². The number of fused-ring (bicyclic) bond motifs is 1. The third kappa shape index (κ3) is 1.93. The van der Waals surface area contributed by atoms with Gasteiger partial charge in [-0.3, -0.25) is 0 Å². The molecule has 1 fully saturated rings. The number of phenolic OH excluding ortho intramolecular Hbond substituents is 1. The highest BCUT2D eigenvalue weighted by atomic mass is 16.5. The van der Waals surface area contributed by atoms with Crippen LogP contribution in [0.1, 0.15) is 51.7 Å². The minimum atomic E-state index is -0.930. The van der Waals surface area contributed by atoms with Gasteiger partial charge < -0.3 is 20.3 Å². The van der Waals surface area contributed by atoms with E-state index in [9.17, 15) is 10.2 Å². The fourth-order valence-electron chi connectivity index (χ4n) is 4.83. The van der Waals surface area contributed by atoms with Gasteiger partial charge in [-0.2, -0.15) is 0 Å². The summed E-state index contributed by atoms with van der Waals surface area (Å²) in [5.41, 5.74) is 1.71. The van der Waals surface area contributed by atoms with Crippen LogP contribution in [0, 0.1) is 0 Å². The quantitative estimate of drug-likeness (QED) is 0.729. The molecule has 24 heavy (non-hydrogen) atoms. The summed E-state index contributed by atoms with van der Waals surface area (Å²) in [4.78, 5) is 0. The lowest BCUT2D eigenvalue weighted by atomic mass is 9.53. The molecule has 1 aromatic carbocycles. The van der Waals surface area contributed by atoms with Crippen molar-refractivity contribution >= 4 is 0 Å². The Morgan fingerprint density at radius 3 is 2.79 bits per heavy atom. The van der Waals surface area contributed by atoms with Gasteiger partial charge in [0.15, 0.2) is 11.5 Å². The van der Waals surface area contributed by atoms with Crippen LogP contribution in [0.4, 0.5) is 0 Å². The summed E-state index contributed by atoms with van der Waals surface area (Å²) in [5.74, 6) is 0.718. The molecule has 0 radical (unpaired) electrons. The van der Waals surface area contributed by atoms with Gasteiger partial charge in [-0.1, -0.05) is 33.4 Å². The van der Waals surface area contributed by atoms with Crippen LogP contribution in [0.15, 0.2) is 24.3 Å². The smallest absolute Gasteiger partial charge is 0.166 e. The number of hydrogen-bond donors (Lipinski definition) is 3. The second kappa shape index (κ2) is 5.78. The van der Waals surface area contributed by atoms with Crippen molar-refractivity contribution in [2.24, 2.45) is 0 Å². The van der Waals surface area contributed by atoms with Crippen molar-refractivity contribution in [3.05, 3.63) is 35.4 Å². The maximum absolute atomic E-state index is 11.4. The topological polar surface area (TPSA) is 61.7 Å². The van der Waals surface area contributed by atoms with Gasteiger partial charge in [0, 0.05) is 11.6 Å². The van der Waals surface area contributed by atoms with E-state index >= 15 is 0 Å². The number of aliphatic hydroxyl groups is 1. The molecule has 3 aliphatic rings. The van der Waals surface area contributed by atoms with Gasteiger partial charge in [0.05, 0.1) is 11.0 Å². The SMILES string of the molecule is C=C(CC)C1Oc2c(O)ccc3c2C12CCNC(C3)C2(C)O.CC. The molecule has 1 aliphatic carbocycles. The fourth-order valence-corrected chi connectivity index (χ4v) is 4.83. The molecule has 4 atom stereocenters. The molecule has 1 spiro atoms. The standard InChI is InChI=1S/C18H23NO3.C2H6/c1-4-10(2)16-18-7-8-19-13(17(18,3)21)9-11-5-6-12(20)15(22-16)14(11)18;1-2/h5-6,13,16,19-21H,2,4,7-9H2,1,3H3;1-2H3. The summed E-state index contributed by atoms with van der Waals surface area (Å²) in [6.07, 6.45) is 2.06. The van der Waals surface area contributed by atoms with Crippen molar-refractivity contribution in [3.63, 3.8) is 0 Å². The molecule has 132 valence electrons. The third-order valence-corrected chi connectivity index (χ3v) is 6.09. The molecule has 2 bridgehead atoms. The zero-order valence-corrected chi connectivity index (χ0v) is 15.1. The van der Waals surface area contributed by atoms with Crippen LogP contribution in [0.25, 0.3) is 0 Å². The molecule has 2 aliphatic heterocycles. The van der Waals surface area contributed by atoms with Crippen molar-refractivity contribution < 1.29 is 14.9 Å². The lowest BCUT2D eigenvalue weighted by molar-refractivity contribution is -0.105. The van der Waals surface area contributed by atoms with E-state index in [0.29, 0.717) is 5.75 Å². The second-order valence-corrected chi connectivity index (χ2v) is 7.04. The number of aromatic hydroxyl groups is 1. The second-order valence-electron chi connectivity index (χ2n) is 7.04. The van der Waals surface area contributed by atoms with E-state index in [0.717, 1.165) is 36.9 Å². The van der Waals surface area contributed by atoms with Crippen LogP contribution in [-0.2, 0) is 11.8 Å². The first-order valence-electron chi connectivity index (χ1n) is 9.09. The number of rotatable bonds is 2. The van der Waals surface area contributed by atoms with Crippen LogP contribution >= 0.6 is 0 Å². The Labute approximate surface area is 144 Å². The molecule has 2 heterocycles. The Morgan fingerprint density at radius 1 is 1.42 bits per heavy atom. The number of hydrogen-bond acceptors (Lipinski definition) is 4. The highest BCUT2D eigenvalue weighted by Crippen LogP contribution is 2.61. The fraction of sp³-hybridized carbons (Fsp3) is 0.600. The Kier molecular flexibility index (Phi) is 4.17. The average molecular weight is 331 g/mol. The van der Waals surface area contributed by atoms with E-state index in [4.69, 9.17) is 4.74 Å². The Balaban J connectivity index is 0.000000815. The van der Waals surface area contributed by atoms with Gasteiger partial charge in [-0.15, -0.1) is 0 Å². The van der Waals surface area contributed by atoms with Crippen molar-refractivity contribution in [1.29, 1.82) is 0 Å². The molecule has 1 saturated heterocycles. The monoisotopic (exact) mass is 331 g/mol. The summed E-state index contributed by atoms with van der Waals surface area (Å²) in [5, 5.41) is 25.2. The van der Waals surface area contributed by atoms with E-state index < -0.39 is 11.0 Å². The zero-order valence-electron chi connectivity index (χ0n) is 15.1. The van der Waals surface area contributed by atoms with E-state index in [-0.39, 0.29) is 17.9 Å². The summed E-state index contributed by atoms with van der Waals surface area (Å²) >= 11 is 0. The number of phenols is 1. The Bertz CT molecular complexity index is 667. The van der Waals surface area contributed by atoms with E-state index in [2.05, 4.69) is 18.8 Å². The van der Waals surface area contributed by atoms with E-state index in [1.165, 1.54) is 5.56 Å². The van der Waals surface area contributed by atoms with E-state index in [1.54, 1.807) is 6.07 Å². The molecular weight excluding hydrogens is 302 g/mol. The number of nitrogens with one attached hydrogen (secondary N) is 1.